The van der Waals surface area contributed by atoms with E-state index in [0.29, 0.717) is 22.8 Å². The molecule has 2 amide bonds. The van der Waals surface area contributed by atoms with Crippen molar-refractivity contribution in [2.45, 2.75) is 17.8 Å². The summed E-state index contributed by atoms with van der Waals surface area (Å²) < 4.78 is 5.24. The van der Waals surface area contributed by atoms with Crippen molar-refractivity contribution in [2.75, 3.05) is 19.0 Å². The van der Waals surface area contributed by atoms with Crippen LogP contribution >= 0.6 is 11.8 Å². The zero-order chi connectivity index (χ0) is 20.6. The minimum absolute atomic E-state index is 0.140. The maximum absolute atomic E-state index is 12.3. The lowest BCUT2D eigenvalue weighted by molar-refractivity contribution is -0.115. The van der Waals surface area contributed by atoms with E-state index in [-0.39, 0.29) is 18.4 Å². The second-order valence-corrected chi connectivity index (χ2v) is 7.17. The van der Waals surface area contributed by atoms with Gasteiger partial charge in [-0.05, 0) is 42.3 Å². The second-order valence-electron chi connectivity index (χ2n) is 6.21. The Morgan fingerprint density at radius 2 is 1.97 bits per heavy atom. The summed E-state index contributed by atoms with van der Waals surface area (Å²) in [6.45, 7) is 1.78. The Balaban J connectivity index is 1.50. The first-order valence-corrected chi connectivity index (χ1v) is 9.83. The normalized spacial score (nSPS) is 10.4. The predicted molar refractivity (Wildman–Crippen MR) is 111 cm³/mol. The molecule has 3 aromatic rings. The van der Waals surface area contributed by atoms with E-state index in [0.717, 1.165) is 16.3 Å². The molecule has 0 aliphatic rings. The number of aromatic amines is 1. The summed E-state index contributed by atoms with van der Waals surface area (Å²) in [5.41, 5.74) is 3.10. The third-order valence-corrected chi connectivity index (χ3v) is 4.97. The Morgan fingerprint density at radius 3 is 2.66 bits per heavy atom. The topological polar surface area (TPSA) is 109 Å². The Kier molecular flexibility index (Phi) is 6.85. The number of carbonyl (C=O) groups is 2. The van der Waals surface area contributed by atoms with Crippen LogP contribution < -0.4 is 15.4 Å². The Morgan fingerprint density at radius 1 is 1.17 bits per heavy atom. The van der Waals surface area contributed by atoms with Gasteiger partial charge in [-0.3, -0.25) is 14.7 Å². The fraction of sp³-hybridized carbons (Fsp3) is 0.200. The second kappa shape index (κ2) is 9.74. The molecular formula is C20H21N5O3S. The summed E-state index contributed by atoms with van der Waals surface area (Å²) in [6, 6.07) is 12.7. The number of aromatic nitrogens is 3. The summed E-state index contributed by atoms with van der Waals surface area (Å²) >= 11 is 1.52. The highest BCUT2D eigenvalue weighted by Gasteiger charge is 2.11. The molecule has 0 saturated heterocycles. The molecule has 0 unspecified atom stereocenters. The van der Waals surface area contributed by atoms with Gasteiger partial charge >= 0.3 is 0 Å². The number of nitrogens with one attached hydrogen (secondary N) is 3. The number of nitrogens with zero attached hydrogens (tertiary/aromatic N) is 2. The average Bonchev–Trinajstić information content (AvgIpc) is 3.25. The summed E-state index contributed by atoms with van der Waals surface area (Å²) in [5.74, 6) is 0.625. The highest BCUT2D eigenvalue weighted by Crippen LogP contribution is 2.25. The first kappa shape index (κ1) is 20.4. The molecule has 0 aliphatic carbocycles. The van der Waals surface area contributed by atoms with Crippen LogP contribution in [-0.2, 0) is 10.5 Å². The zero-order valence-electron chi connectivity index (χ0n) is 16.1. The van der Waals surface area contributed by atoms with Gasteiger partial charge in [0.1, 0.15) is 12.1 Å². The van der Waals surface area contributed by atoms with E-state index < -0.39 is 0 Å². The molecule has 29 heavy (non-hydrogen) atoms. The summed E-state index contributed by atoms with van der Waals surface area (Å²) in [6.07, 6.45) is 1.46. The summed E-state index contributed by atoms with van der Waals surface area (Å²) in [7, 11) is 1.54. The fourth-order valence-electron chi connectivity index (χ4n) is 2.54. The molecule has 8 nitrogen and oxygen atoms in total. The molecule has 1 heterocycles. The highest BCUT2D eigenvalue weighted by atomic mass is 32.2. The molecule has 150 valence electrons. The number of anilines is 1. The van der Waals surface area contributed by atoms with Crippen molar-refractivity contribution in [2.24, 2.45) is 0 Å². The lowest BCUT2D eigenvalue weighted by Crippen LogP contribution is -2.32. The van der Waals surface area contributed by atoms with Gasteiger partial charge in [-0.1, -0.05) is 30.0 Å². The van der Waals surface area contributed by atoms with E-state index in [4.69, 9.17) is 4.74 Å². The molecule has 0 fully saturated rings. The third kappa shape index (κ3) is 5.82. The Labute approximate surface area is 172 Å². The summed E-state index contributed by atoms with van der Waals surface area (Å²) in [4.78, 5) is 28.5. The van der Waals surface area contributed by atoms with Gasteiger partial charge in [-0.25, -0.2) is 4.98 Å². The van der Waals surface area contributed by atoms with Crippen molar-refractivity contribution in [3.05, 3.63) is 65.5 Å². The van der Waals surface area contributed by atoms with Gasteiger partial charge in [-0.15, -0.1) is 0 Å². The molecule has 0 atom stereocenters. The zero-order valence-corrected chi connectivity index (χ0v) is 16.9. The van der Waals surface area contributed by atoms with Crippen LogP contribution in [0.1, 0.15) is 21.5 Å². The molecule has 3 N–H and O–H groups in total. The first-order valence-electron chi connectivity index (χ1n) is 8.85. The Hall–Kier alpha value is -3.33. The van der Waals surface area contributed by atoms with Gasteiger partial charge in [0.05, 0.1) is 19.3 Å². The third-order valence-electron chi connectivity index (χ3n) is 4.02. The standard InChI is InChI=1S/C20H21N5O3S/c1-13-3-8-17(28-2)16(9-13)24-18(26)10-21-19(27)15-6-4-14(5-7-15)11-29-20-22-12-23-25-20/h3-9,12H,10-11H2,1-2H3,(H,21,27)(H,24,26)(H,22,23,25). The first-order chi connectivity index (χ1) is 14.0. The maximum Gasteiger partial charge on any atom is 0.251 e. The molecule has 0 aliphatic heterocycles. The van der Waals surface area contributed by atoms with Crippen molar-refractivity contribution < 1.29 is 14.3 Å². The number of amides is 2. The van der Waals surface area contributed by atoms with Crippen LogP contribution in [0.2, 0.25) is 0 Å². The summed E-state index contributed by atoms with van der Waals surface area (Å²) in [5, 5.41) is 12.7. The van der Waals surface area contributed by atoms with Gasteiger partial charge < -0.3 is 15.4 Å². The number of thioether (sulfide) groups is 1. The smallest absolute Gasteiger partial charge is 0.251 e. The van der Waals surface area contributed by atoms with Crippen molar-refractivity contribution in [1.29, 1.82) is 0 Å². The van der Waals surface area contributed by atoms with Crippen molar-refractivity contribution >= 4 is 29.3 Å². The average molecular weight is 411 g/mol. The van der Waals surface area contributed by atoms with Gasteiger partial charge in [0.15, 0.2) is 5.16 Å². The number of ether oxygens (including phenoxy) is 1. The molecule has 0 spiro atoms. The molecule has 0 bridgehead atoms. The molecule has 0 radical (unpaired) electrons. The van der Waals surface area contributed by atoms with E-state index in [9.17, 15) is 9.59 Å². The lowest BCUT2D eigenvalue weighted by atomic mass is 10.1. The van der Waals surface area contributed by atoms with Crippen molar-refractivity contribution in [3.63, 3.8) is 0 Å². The Bertz CT molecular complexity index is 974. The molecule has 1 aromatic heterocycles. The van der Waals surface area contributed by atoms with Crippen molar-refractivity contribution in [3.8, 4) is 5.75 Å². The van der Waals surface area contributed by atoms with Gasteiger partial charge in [0.2, 0.25) is 5.91 Å². The number of H-pyrrole nitrogens is 1. The molecule has 0 saturated carbocycles. The van der Waals surface area contributed by atoms with Crippen LogP contribution in [0.15, 0.2) is 53.9 Å². The number of aryl methyl sites for hydroxylation is 1. The highest BCUT2D eigenvalue weighted by molar-refractivity contribution is 7.98. The van der Waals surface area contributed by atoms with E-state index in [1.54, 1.807) is 18.2 Å². The monoisotopic (exact) mass is 411 g/mol. The van der Waals surface area contributed by atoms with Crippen LogP contribution in [-0.4, -0.2) is 40.7 Å². The molecule has 9 heteroatoms. The predicted octanol–water partition coefficient (Wildman–Crippen LogP) is 2.78. The number of benzene rings is 2. The SMILES string of the molecule is COc1ccc(C)cc1NC(=O)CNC(=O)c1ccc(CSc2ncn[nH]2)cc1. The van der Waals surface area contributed by atoms with Crippen LogP contribution in [0.3, 0.4) is 0 Å². The van der Waals surface area contributed by atoms with Crippen LogP contribution in [0, 0.1) is 6.92 Å². The number of hydrogen-bond acceptors (Lipinski definition) is 6. The van der Waals surface area contributed by atoms with Crippen LogP contribution in [0.25, 0.3) is 0 Å². The van der Waals surface area contributed by atoms with E-state index in [1.165, 1.54) is 25.2 Å². The lowest BCUT2D eigenvalue weighted by Gasteiger charge is -2.11. The maximum atomic E-state index is 12.3. The van der Waals surface area contributed by atoms with E-state index in [2.05, 4.69) is 25.8 Å². The molecular weight excluding hydrogens is 390 g/mol. The minimum Gasteiger partial charge on any atom is -0.495 e. The number of carbonyl (C=O) groups excluding carboxylic acids is 2. The van der Waals surface area contributed by atoms with Crippen molar-refractivity contribution in [1.82, 2.24) is 20.5 Å². The molecule has 2 aromatic carbocycles. The fourth-order valence-corrected chi connectivity index (χ4v) is 3.28. The van der Waals surface area contributed by atoms with Gasteiger partial charge in [0.25, 0.3) is 5.91 Å². The minimum atomic E-state index is -0.331. The largest absolute Gasteiger partial charge is 0.495 e. The van der Waals surface area contributed by atoms with E-state index >= 15 is 0 Å². The number of methoxy groups -OCH3 is 1. The van der Waals surface area contributed by atoms with Gasteiger partial charge in [0, 0.05) is 11.3 Å². The van der Waals surface area contributed by atoms with Gasteiger partial charge in [-0.2, -0.15) is 5.10 Å². The van der Waals surface area contributed by atoms with E-state index in [1.807, 2.05) is 31.2 Å². The molecule has 3 rings (SSSR count). The van der Waals surface area contributed by atoms with Crippen LogP contribution in [0.4, 0.5) is 5.69 Å². The number of rotatable bonds is 8. The van der Waals surface area contributed by atoms with Crippen LogP contribution in [0.5, 0.6) is 5.75 Å². The quantitative estimate of drug-likeness (QED) is 0.492. The number of hydrogen-bond donors (Lipinski definition) is 3.